The van der Waals surface area contributed by atoms with E-state index in [1.54, 1.807) is 11.6 Å². The lowest BCUT2D eigenvalue weighted by molar-refractivity contribution is -0.148. The van der Waals surface area contributed by atoms with Crippen molar-refractivity contribution in [2.45, 2.75) is 43.7 Å². The summed E-state index contributed by atoms with van der Waals surface area (Å²) >= 11 is 6.76. The largest absolute Gasteiger partial charge is 0.379 e. The minimum absolute atomic E-state index is 0.0668. The monoisotopic (exact) mass is 733 g/mol. The Labute approximate surface area is 303 Å². The number of H-pyrrole nitrogens is 1. The van der Waals surface area contributed by atoms with Crippen LogP contribution in [0.2, 0.25) is 0 Å². The van der Waals surface area contributed by atoms with E-state index < -0.39 is 36.0 Å². The molecule has 11 nitrogen and oxygen atoms in total. The molecule has 7 rings (SSSR count). The molecule has 0 aliphatic carbocycles. The predicted octanol–water partition coefficient (Wildman–Crippen LogP) is 5.20. The van der Waals surface area contributed by atoms with Crippen molar-refractivity contribution in [2.24, 2.45) is 0 Å². The summed E-state index contributed by atoms with van der Waals surface area (Å²) in [6.45, 7) is 2.95. The van der Waals surface area contributed by atoms with Gasteiger partial charge in [-0.2, -0.15) is 0 Å². The molecule has 51 heavy (non-hydrogen) atoms. The Balaban J connectivity index is 1.23. The van der Waals surface area contributed by atoms with Gasteiger partial charge in [0.2, 0.25) is 0 Å². The molecule has 1 aromatic heterocycles. The van der Waals surface area contributed by atoms with Crippen LogP contribution in [0.15, 0.2) is 107 Å². The minimum Gasteiger partial charge on any atom is -0.379 e. The summed E-state index contributed by atoms with van der Waals surface area (Å²) in [6.07, 6.45) is 1.77. The zero-order valence-electron chi connectivity index (χ0n) is 28.8. The molecule has 0 bridgehead atoms. The van der Waals surface area contributed by atoms with Crippen molar-refractivity contribution < 1.29 is 18.6 Å². The number of aryl methyl sites for hydroxylation is 1. The second-order valence-corrected chi connectivity index (χ2v) is 16.5. The molecule has 0 radical (unpaired) electrons. The Morgan fingerprint density at radius 3 is 1.94 bits per heavy atom. The summed E-state index contributed by atoms with van der Waals surface area (Å²) in [7, 11) is 0. The zero-order valence-corrected chi connectivity index (χ0v) is 30.5. The zero-order chi connectivity index (χ0) is 35.4. The third kappa shape index (κ3) is 7.59. The lowest BCUT2D eigenvalue weighted by Gasteiger charge is -2.50. The van der Waals surface area contributed by atoms with Crippen molar-refractivity contribution in [2.75, 3.05) is 59.1 Å². The molecule has 1 N–H and O–H groups in total. The molecule has 13 heteroatoms. The van der Waals surface area contributed by atoms with E-state index in [1.165, 1.54) is 10.8 Å². The summed E-state index contributed by atoms with van der Waals surface area (Å²) in [5.41, 5.74) is 1.62. The third-order valence-corrected chi connectivity index (χ3v) is 12.9. The van der Waals surface area contributed by atoms with Crippen LogP contribution in [0.5, 0.6) is 0 Å². The van der Waals surface area contributed by atoms with Gasteiger partial charge < -0.3 is 14.0 Å². The number of morpholine rings is 2. The number of nitrogens with zero attached hydrogens (tertiary/aromatic N) is 4. The smallest absolute Gasteiger partial charge is 0.363 e. The Hall–Kier alpha value is -3.38. The van der Waals surface area contributed by atoms with Gasteiger partial charge in [0, 0.05) is 57.1 Å². The van der Waals surface area contributed by atoms with Gasteiger partial charge in [-0.1, -0.05) is 91.0 Å². The molecule has 0 saturated carbocycles. The highest BCUT2D eigenvalue weighted by atomic mass is 35.7. The van der Waals surface area contributed by atoms with Gasteiger partial charge in [0.05, 0.1) is 31.5 Å². The molecule has 4 heterocycles. The van der Waals surface area contributed by atoms with Crippen LogP contribution in [-0.4, -0.2) is 95.3 Å². The third-order valence-electron chi connectivity index (χ3n) is 10.4. The summed E-state index contributed by atoms with van der Waals surface area (Å²) in [5.74, 6) is 0. The summed E-state index contributed by atoms with van der Waals surface area (Å²) in [6, 6.07) is 31.2. The van der Waals surface area contributed by atoms with Crippen molar-refractivity contribution in [3.8, 4) is 0 Å². The van der Waals surface area contributed by atoms with Gasteiger partial charge in [-0.05, 0) is 47.7 Å². The van der Waals surface area contributed by atoms with Gasteiger partial charge >= 0.3 is 12.6 Å². The van der Waals surface area contributed by atoms with Crippen LogP contribution in [0.1, 0.15) is 41.3 Å². The molecule has 3 fully saturated rings. The lowest BCUT2D eigenvalue weighted by Crippen LogP contribution is -2.58. The minimum atomic E-state index is -3.70. The lowest BCUT2D eigenvalue weighted by atomic mass is 9.75. The highest BCUT2D eigenvalue weighted by Crippen LogP contribution is 2.57. The van der Waals surface area contributed by atoms with E-state index in [0.29, 0.717) is 31.2 Å². The number of ether oxygens (including phenoxy) is 2. The molecule has 3 saturated heterocycles. The molecule has 3 aliphatic rings. The van der Waals surface area contributed by atoms with Crippen LogP contribution in [0.25, 0.3) is 0 Å². The van der Waals surface area contributed by atoms with E-state index in [9.17, 15) is 14.2 Å². The van der Waals surface area contributed by atoms with Gasteiger partial charge in [-0.25, -0.2) is 9.46 Å². The van der Waals surface area contributed by atoms with E-state index in [4.69, 9.17) is 25.2 Å². The van der Waals surface area contributed by atoms with Crippen molar-refractivity contribution >= 4 is 18.1 Å². The number of piperidine rings is 1. The molecule has 3 aromatic carbocycles. The predicted molar refractivity (Wildman–Crippen MR) is 197 cm³/mol. The van der Waals surface area contributed by atoms with Gasteiger partial charge in [-0.15, -0.1) is 0 Å². The van der Waals surface area contributed by atoms with Crippen molar-refractivity contribution in [3.05, 3.63) is 140 Å². The standard InChI is InChI=1S/C38H45ClN5O6P/c1-29-25-44(37(46)40-36(29)45)35-27-42(38(30-11-5-2-6-12-30,31-13-7-3-8-14-31)32-15-9-4-10-16-32)26-34(50-35)28-49-51(39,47)43-19-17-33(18-20-43)41-21-23-48-24-22-41/h2-16,25,33-35H,17-24,26-28H2,1H3,(H,40,45,46). The first-order chi connectivity index (χ1) is 24.8. The Morgan fingerprint density at radius 1 is 0.843 bits per heavy atom. The second kappa shape index (κ2) is 15.7. The maximum atomic E-state index is 14.0. The number of aromatic amines is 1. The molecule has 4 aromatic rings. The normalized spacial score (nSPS) is 22.8. The number of halogens is 1. The molecule has 0 amide bonds. The van der Waals surface area contributed by atoms with Crippen molar-refractivity contribution in [1.82, 2.24) is 24.0 Å². The van der Waals surface area contributed by atoms with Crippen LogP contribution in [-0.2, 0) is 24.1 Å². The first-order valence-electron chi connectivity index (χ1n) is 17.7. The first-order valence-corrected chi connectivity index (χ1v) is 20.1. The number of hydrogen-bond acceptors (Lipinski definition) is 8. The Morgan fingerprint density at radius 2 is 1.39 bits per heavy atom. The fraction of sp³-hybridized carbons (Fsp3) is 0.421. The van der Waals surface area contributed by atoms with Gasteiger partial charge in [0.25, 0.3) is 5.56 Å². The SMILES string of the molecule is Cc1cn(C2CN(C(c3ccccc3)(c3ccccc3)c3ccccc3)CC(COP(=O)(Cl)N3CCC(N4CCOCC4)CC3)O2)c(=O)[nH]c1=O. The number of benzene rings is 3. The van der Waals surface area contributed by atoms with Gasteiger partial charge in [0.15, 0.2) is 6.23 Å². The van der Waals surface area contributed by atoms with Crippen LogP contribution in [0.3, 0.4) is 0 Å². The number of hydrogen-bond donors (Lipinski definition) is 1. The van der Waals surface area contributed by atoms with Gasteiger partial charge in [-0.3, -0.25) is 28.7 Å². The molecule has 0 spiro atoms. The topological polar surface area (TPSA) is 109 Å². The summed E-state index contributed by atoms with van der Waals surface area (Å²) in [4.78, 5) is 32.9. The average molecular weight is 734 g/mol. The van der Waals surface area contributed by atoms with Crippen LogP contribution < -0.4 is 11.2 Å². The second-order valence-electron chi connectivity index (χ2n) is 13.5. The fourth-order valence-corrected chi connectivity index (χ4v) is 9.72. The van der Waals surface area contributed by atoms with E-state index in [-0.39, 0.29) is 13.2 Å². The molecule has 3 atom stereocenters. The first kappa shape index (κ1) is 36.0. The van der Waals surface area contributed by atoms with Crippen LogP contribution in [0, 0.1) is 6.92 Å². The number of nitrogens with one attached hydrogen (secondary N) is 1. The van der Waals surface area contributed by atoms with E-state index in [2.05, 4.69) is 51.2 Å². The fourth-order valence-electron chi connectivity index (χ4n) is 7.88. The van der Waals surface area contributed by atoms with Crippen molar-refractivity contribution in [1.29, 1.82) is 0 Å². The Bertz CT molecular complexity index is 1820. The molecule has 270 valence electrons. The maximum Gasteiger partial charge on any atom is 0.363 e. The van der Waals surface area contributed by atoms with E-state index in [1.807, 2.05) is 54.6 Å². The number of rotatable bonds is 10. The quantitative estimate of drug-likeness (QED) is 0.174. The van der Waals surface area contributed by atoms with E-state index >= 15 is 0 Å². The van der Waals surface area contributed by atoms with Crippen molar-refractivity contribution in [3.63, 3.8) is 0 Å². The summed E-state index contributed by atoms with van der Waals surface area (Å²) < 4.78 is 35.5. The highest BCUT2D eigenvalue weighted by Gasteiger charge is 2.47. The highest BCUT2D eigenvalue weighted by molar-refractivity contribution is 7.83. The number of aromatic nitrogens is 2. The Kier molecular flexibility index (Phi) is 11.1. The van der Waals surface area contributed by atoms with Crippen LogP contribution >= 0.6 is 18.1 Å². The molecular formula is C38H45ClN5O6P. The van der Waals surface area contributed by atoms with Crippen LogP contribution in [0.4, 0.5) is 0 Å². The molecule has 3 aliphatic heterocycles. The maximum absolute atomic E-state index is 14.0. The molecular weight excluding hydrogens is 689 g/mol. The summed E-state index contributed by atoms with van der Waals surface area (Å²) in [5, 5.41) is 0. The molecule has 3 unspecified atom stereocenters. The van der Waals surface area contributed by atoms with Gasteiger partial charge in [0.1, 0.15) is 0 Å². The van der Waals surface area contributed by atoms with E-state index in [0.717, 1.165) is 55.8 Å². The average Bonchev–Trinajstić information content (AvgIpc) is 3.17.